The van der Waals surface area contributed by atoms with Gasteiger partial charge in [-0.2, -0.15) is 0 Å². The molecule has 168 valence electrons. The minimum atomic E-state index is 0.303. The monoisotopic (exact) mass is 442 g/mol. The third kappa shape index (κ3) is 4.10. The first kappa shape index (κ1) is 20.3. The van der Waals surface area contributed by atoms with Gasteiger partial charge in [-0.15, -0.1) is 11.3 Å². The van der Waals surface area contributed by atoms with Crippen LogP contribution in [0.5, 0.6) is 5.88 Å². The van der Waals surface area contributed by atoms with Gasteiger partial charge >= 0.3 is 0 Å². The van der Waals surface area contributed by atoms with Crippen LogP contribution in [-0.4, -0.2) is 77.3 Å². The number of piperidine rings is 1. The van der Waals surface area contributed by atoms with Crippen LogP contribution in [0.15, 0.2) is 6.33 Å². The molecule has 4 aliphatic rings. The third-order valence-corrected chi connectivity index (χ3v) is 9.17. The van der Waals surface area contributed by atoms with Crippen LogP contribution in [0.2, 0.25) is 0 Å². The van der Waals surface area contributed by atoms with Crippen molar-refractivity contribution in [1.29, 1.82) is 0 Å². The van der Waals surface area contributed by atoms with E-state index >= 15 is 0 Å². The molecule has 1 saturated carbocycles. The summed E-state index contributed by atoms with van der Waals surface area (Å²) in [6.07, 6.45) is 13.0. The molecule has 0 unspecified atom stereocenters. The van der Waals surface area contributed by atoms with Crippen molar-refractivity contribution in [1.82, 2.24) is 19.8 Å². The van der Waals surface area contributed by atoms with Gasteiger partial charge in [-0.1, -0.05) is 0 Å². The number of likely N-dealkylation sites (tertiary alicyclic amines) is 1. The molecule has 0 bridgehead atoms. The van der Waals surface area contributed by atoms with Gasteiger partial charge in [0.15, 0.2) is 0 Å². The van der Waals surface area contributed by atoms with Gasteiger partial charge in [0.2, 0.25) is 5.88 Å². The molecule has 31 heavy (non-hydrogen) atoms. The summed E-state index contributed by atoms with van der Waals surface area (Å²) in [5.74, 6) is 0.846. The largest absolute Gasteiger partial charge is 0.474 e. The van der Waals surface area contributed by atoms with Crippen LogP contribution in [0, 0.1) is 0 Å². The molecule has 2 aromatic rings. The van der Waals surface area contributed by atoms with E-state index in [2.05, 4.69) is 19.8 Å². The average molecular weight is 443 g/mol. The Kier molecular flexibility index (Phi) is 5.86. The zero-order chi connectivity index (χ0) is 20.6. The molecule has 0 amide bonds. The highest BCUT2D eigenvalue weighted by Crippen LogP contribution is 2.40. The molecule has 0 radical (unpaired) electrons. The number of nitrogens with zero attached hydrogens (tertiary/aromatic N) is 4. The van der Waals surface area contributed by atoms with E-state index in [1.54, 1.807) is 6.33 Å². The van der Waals surface area contributed by atoms with E-state index in [9.17, 15) is 0 Å². The second kappa shape index (κ2) is 8.93. The maximum absolute atomic E-state index is 6.50. The Bertz CT molecular complexity index is 896. The minimum absolute atomic E-state index is 0.303. The summed E-state index contributed by atoms with van der Waals surface area (Å²) in [7, 11) is 0. The highest BCUT2D eigenvalue weighted by molar-refractivity contribution is 7.18. The molecule has 6 nitrogen and oxygen atoms in total. The van der Waals surface area contributed by atoms with Crippen molar-refractivity contribution >= 4 is 21.6 Å². The van der Waals surface area contributed by atoms with Gasteiger partial charge in [-0.05, 0) is 76.4 Å². The lowest BCUT2D eigenvalue weighted by atomic mass is 9.90. The van der Waals surface area contributed by atoms with Crippen LogP contribution in [0.1, 0.15) is 55.4 Å². The van der Waals surface area contributed by atoms with Crippen molar-refractivity contribution in [2.24, 2.45) is 0 Å². The lowest BCUT2D eigenvalue weighted by Crippen LogP contribution is -2.51. The Balaban J connectivity index is 1.03. The van der Waals surface area contributed by atoms with E-state index in [-0.39, 0.29) is 0 Å². The molecule has 0 atom stereocenters. The van der Waals surface area contributed by atoms with Crippen LogP contribution >= 0.6 is 11.3 Å². The molecule has 2 saturated heterocycles. The number of morpholine rings is 1. The summed E-state index contributed by atoms with van der Waals surface area (Å²) >= 11 is 1.84. The molecule has 0 aromatic carbocycles. The van der Waals surface area contributed by atoms with Crippen LogP contribution < -0.4 is 4.74 Å². The fourth-order valence-electron chi connectivity index (χ4n) is 6.23. The van der Waals surface area contributed by atoms with Crippen LogP contribution in [0.3, 0.4) is 0 Å². The molecule has 6 rings (SSSR count). The van der Waals surface area contributed by atoms with E-state index < -0.39 is 0 Å². The number of aryl methyl sites for hydroxylation is 2. The Labute approximate surface area is 188 Å². The predicted molar refractivity (Wildman–Crippen MR) is 123 cm³/mol. The Morgan fingerprint density at radius 3 is 2.42 bits per heavy atom. The molecular formula is C24H34N4O2S. The smallest absolute Gasteiger partial charge is 0.225 e. The number of aromatic nitrogens is 2. The number of ether oxygens (including phenoxy) is 2. The lowest BCUT2D eigenvalue weighted by molar-refractivity contribution is -0.00783. The maximum atomic E-state index is 6.50. The van der Waals surface area contributed by atoms with E-state index in [1.807, 2.05) is 11.3 Å². The molecule has 4 heterocycles. The van der Waals surface area contributed by atoms with Crippen molar-refractivity contribution in [3.63, 3.8) is 0 Å². The fourth-order valence-corrected chi connectivity index (χ4v) is 7.45. The van der Waals surface area contributed by atoms with Crippen molar-refractivity contribution in [3.05, 3.63) is 16.8 Å². The summed E-state index contributed by atoms with van der Waals surface area (Å²) in [4.78, 5) is 17.1. The van der Waals surface area contributed by atoms with Crippen molar-refractivity contribution in [3.8, 4) is 5.88 Å². The standard InChI is InChI=1S/C24H34N4O2S/c1-2-20-21(3-1)31-24-22(20)23(25-16-26-24)30-19-6-4-17(5-7-19)27-10-8-18(9-11-27)28-12-14-29-15-13-28/h16-19H,1-15H2. The van der Waals surface area contributed by atoms with Crippen LogP contribution in [-0.2, 0) is 17.6 Å². The topological polar surface area (TPSA) is 50.7 Å². The van der Waals surface area contributed by atoms with Crippen molar-refractivity contribution in [2.75, 3.05) is 39.4 Å². The number of hydrogen-bond donors (Lipinski definition) is 0. The Morgan fingerprint density at radius 2 is 1.61 bits per heavy atom. The first-order valence-electron chi connectivity index (χ1n) is 12.3. The number of thiophene rings is 1. The predicted octanol–water partition coefficient (Wildman–Crippen LogP) is 3.67. The van der Waals surface area contributed by atoms with Crippen LogP contribution in [0.25, 0.3) is 10.2 Å². The molecule has 0 spiro atoms. The SMILES string of the molecule is c1nc(OC2CCC(N3CCC(N4CCOCC4)CC3)CC2)c2c3c(sc2n1)CCC3. The van der Waals surface area contributed by atoms with Crippen LogP contribution in [0.4, 0.5) is 0 Å². The lowest BCUT2D eigenvalue weighted by Gasteiger charge is -2.44. The molecule has 3 fully saturated rings. The molecule has 2 aromatic heterocycles. The highest BCUT2D eigenvalue weighted by Gasteiger charge is 2.32. The third-order valence-electron chi connectivity index (χ3n) is 7.97. The molecule has 0 N–H and O–H groups in total. The second-order valence-electron chi connectivity index (χ2n) is 9.68. The van der Waals surface area contributed by atoms with Crippen molar-refractivity contribution < 1.29 is 9.47 Å². The van der Waals surface area contributed by atoms with Crippen molar-refractivity contribution in [2.45, 2.75) is 76.0 Å². The zero-order valence-electron chi connectivity index (χ0n) is 18.4. The number of fused-ring (bicyclic) bond motifs is 3. The molecule has 2 aliphatic heterocycles. The van der Waals surface area contributed by atoms with Gasteiger partial charge in [0.1, 0.15) is 17.3 Å². The summed E-state index contributed by atoms with van der Waals surface area (Å²) in [6, 6.07) is 1.51. The zero-order valence-corrected chi connectivity index (χ0v) is 19.2. The van der Waals surface area contributed by atoms with E-state index in [0.717, 1.165) is 68.4 Å². The van der Waals surface area contributed by atoms with Gasteiger partial charge in [-0.25, -0.2) is 9.97 Å². The number of rotatable bonds is 4. The van der Waals surface area contributed by atoms with Gasteiger partial charge in [0.05, 0.1) is 18.6 Å². The summed E-state index contributed by atoms with van der Waals surface area (Å²) in [5.41, 5.74) is 1.47. The van der Waals surface area contributed by atoms with E-state index in [0.29, 0.717) is 6.10 Å². The van der Waals surface area contributed by atoms with Gasteiger partial charge in [-0.3, -0.25) is 4.90 Å². The quantitative estimate of drug-likeness (QED) is 0.720. The average Bonchev–Trinajstić information content (AvgIpc) is 3.42. The molecule has 7 heteroatoms. The van der Waals surface area contributed by atoms with E-state index in [1.165, 1.54) is 67.4 Å². The van der Waals surface area contributed by atoms with Gasteiger partial charge < -0.3 is 14.4 Å². The summed E-state index contributed by atoms with van der Waals surface area (Å²) in [6.45, 7) is 6.58. The minimum Gasteiger partial charge on any atom is -0.474 e. The Hall–Kier alpha value is -1.28. The molecule has 2 aliphatic carbocycles. The molecular weight excluding hydrogens is 408 g/mol. The van der Waals surface area contributed by atoms with E-state index in [4.69, 9.17) is 9.47 Å². The first-order valence-corrected chi connectivity index (χ1v) is 13.1. The highest BCUT2D eigenvalue weighted by atomic mass is 32.1. The second-order valence-corrected chi connectivity index (χ2v) is 10.8. The summed E-state index contributed by atoms with van der Waals surface area (Å²) in [5, 5.41) is 1.22. The maximum Gasteiger partial charge on any atom is 0.225 e. The van der Waals surface area contributed by atoms with Gasteiger partial charge in [0.25, 0.3) is 0 Å². The number of hydrogen-bond acceptors (Lipinski definition) is 7. The first-order chi connectivity index (χ1) is 15.3. The fraction of sp³-hybridized carbons (Fsp3) is 0.750. The normalized spacial score (nSPS) is 28.8. The Morgan fingerprint density at radius 1 is 0.871 bits per heavy atom. The summed E-state index contributed by atoms with van der Waals surface area (Å²) < 4.78 is 12.0. The van der Waals surface area contributed by atoms with Gasteiger partial charge in [0, 0.05) is 30.1 Å².